The molecule has 0 spiro atoms. The van der Waals surface area contributed by atoms with Crippen molar-refractivity contribution in [2.45, 2.75) is 19.8 Å². The van der Waals surface area contributed by atoms with E-state index >= 15 is 0 Å². The number of hydrogen-bond acceptors (Lipinski definition) is 1. The molecule has 2 rings (SSSR count). The number of carbonyl (C=O) groups is 1. The van der Waals surface area contributed by atoms with Crippen LogP contribution in [0.15, 0.2) is 18.2 Å². The molecule has 0 heterocycles. The van der Waals surface area contributed by atoms with Gasteiger partial charge in [-0.3, -0.25) is 4.79 Å². The molecule has 1 fully saturated rings. The van der Waals surface area contributed by atoms with Crippen LogP contribution in [0, 0.1) is 23.5 Å². The van der Waals surface area contributed by atoms with Crippen molar-refractivity contribution >= 4 is 5.91 Å². The number of carbonyl (C=O) groups excluding carboxylic acids is 1. The normalized spacial score (nSPS) is 22.3. The van der Waals surface area contributed by atoms with E-state index in [4.69, 9.17) is 0 Å². The molecule has 92 valence electrons. The molecule has 2 atom stereocenters. The molecule has 0 radical (unpaired) electrons. The van der Waals surface area contributed by atoms with Gasteiger partial charge in [0.25, 0.3) is 0 Å². The van der Waals surface area contributed by atoms with E-state index in [-0.39, 0.29) is 11.8 Å². The zero-order valence-electron chi connectivity index (χ0n) is 9.67. The summed E-state index contributed by atoms with van der Waals surface area (Å²) in [6.07, 6.45) is 1.33. The lowest BCUT2D eigenvalue weighted by atomic mass is 10.1. The molecule has 1 aromatic rings. The van der Waals surface area contributed by atoms with Crippen LogP contribution in [0.4, 0.5) is 8.78 Å². The van der Waals surface area contributed by atoms with Crippen LogP contribution in [0.3, 0.4) is 0 Å². The van der Waals surface area contributed by atoms with Crippen molar-refractivity contribution in [2.24, 2.45) is 11.8 Å². The van der Waals surface area contributed by atoms with Crippen molar-refractivity contribution in [3.63, 3.8) is 0 Å². The zero-order chi connectivity index (χ0) is 12.4. The first-order chi connectivity index (χ1) is 8.08. The van der Waals surface area contributed by atoms with Gasteiger partial charge in [0.15, 0.2) is 0 Å². The van der Waals surface area contributed by atoms with E-state index in [1.54, 1.807) is 0 Å². The molecule has 0 saturated heterocycles. The Bertz CT molecular complexity index is 433. The summed E-state index contributed by atoms with van der Waals surface area (Å²) in [5.74, 6) is -0.494. The van der Waals surface area contributed by atoms with Crippen LogP contribution < -0.4 is 5.32 Å². The molecule has 2 nitrogen and oxygen atoms in total. The minimum absolute atomic E-state index is 0.0417. The first kappa shape index (κ1) is 12.0. The summed E-state index contributed by atoms with van der Waals surface area (Å²) in [6, 6.07) is 3.50. The average molecular weight is 239 g/mol. The fraction of sp³-hybridized carbons (Fsp3) is 0.462. The first-order valence-electron chi connectivity index (χ1n) is 5.79. The van der Waals surface area contributed by atoms with Gasteiger partial charge in [0, 0.05) is 18.5 Å². The smallest absolute Gasteiger partial charge is 0.223 e. The third kappa shape index (κ3) is 3.02. The quantitative estimate of drug-likeness (QED) is 0.858. The zero-order valence-corrected chi connectivity index (χ0v) is 9.67. The fourth-order valence-corrected chi connectivity index (χ4v) is 1.86. The second kappa shape index (κ2) is 4.82. The summed E-state index contributed by atoms with van der Waals surface area (Å²) in [5.41, 5.74) is 0.426. The van der Waals surface area contributed by atoms with E-state index in [2.05, 4.69) is 5.32 Å². The number of benzene rings is 1. The van der Waals surface area contributed by atoms with Crippen LogP contribution in [0.1, 0.15) is 18.9 Å². The van der Waals surface area contributed by atoms with Gasteiger partial charge in [-0.05, 0) is 30.4 Å². The number of nitrogens with one attached hydrogen (secondary N) is 1. The minimum atomic E-state index is -0.581. The van der Waals surface area contributed by atoms with Gasteiger partial charge in [-0.1, -0.05) is 13.0 Å². The van der Waals surface area contributed by atoms with Gasteiger partial charge in [0.1, 0.15) is 11.6 Å². The third-order valence-corrected chi connectivity index (χ3v) is 3.15. The van der Waals surface area contributed by atoms with Crippen LogP contribution in [-0.2, 0) is 11.2 Å². The van der Waals surface area contributed by atoms with Gasteiger partial charge in [0.05, 0.1) is 0 Å². The molecule has 1 N–H and O–H groups in total. The lowest BCUT2D eigenvalue weighted by molar-refractivity contribution is -0.122. The predicted octanol–water partition coefficient (Wildman–Crippen LogP) is 2.28. The van der Waals surface area contributed by atoms with Crippen LogP contribution in [0.2, 0.25) is 0 Å². The van der Waals surface area contributed by atoms with Gasteiger partial charge in [-0.15, -0.1) is 0 Å². The van der Waals surface area contributed by atoms with Gasteiger partial charge < -0.3 is 5.32 Å². The Morgan fingerprint density at radius 1 is 1.47 bits per heavy atom. The van der Waals surface area contributed by atoms with Crippen molar-refractivity contribution in [3.8, 4) is 0 Å². The van der Waals surface area contributed by atoms with Crippen molar-refractivity contribution < 1.29 is 13.6 Å². The minimum Gasteiger partial charge on any atom is -0.356 e. The van der Waals surface area contributed by atoms with Gasteiger partial charge in [-0.25, -0.2) is 8.78 Å². The standard InChI is InChI=1S/C13H15F2NO/c1-8-6-11(8)13(17)16-5-4-9-2-3-10(14)7-12(9)15/h2-3,7-8,11H,4-6H2,1H3,(H,16,17)/t8-,11+/m0/s1. The maximum Gasteiger partial charge on any atom is 0.223 e. The van der Waals surface area contributed by atoms with Crippen LogP contribution >= 0.6 is 0 Å². The highest BCUT2D eigenvalue weighted by molar-refractivity contribution is 5.81. The van der Waals surface area contributed by atoms with Crippen molar-refractivity contribution in [2.75, 3.05) is 6.54 Å². The van der Waals surface area contributed by atoms with Crippen LogP contribution in [0.25, 0.3) is 0 Å². The highest BCUT2D eigenvalue weighted by Crippen LogP contribution is 2.37. The molecule has 1 aliphatic carbocycles. The lowest BCUT2D eigenvalue weighted by Gasteiger charge is -2.05. The molecule has 17 heavy (non-hydrogen) atoms. The Morgan fingerprint density at radius 2 is 2.18 bits per heavy atom. The number of amides is 1. The molecular weight excluding hydrogens is 224 g/mol. The monoisotopic (exact) mass is 239 g/mol. The Hall–Kier alpha value is -1.45. The highest BCUT2D eigenvalue weighted by Gasteiger charge is 2.38. The summed E-state index contributed by atoms with van der Waals surface area (Å²) in [4.78, 5) is 11.5. The molecule has 0 aromatic heterocycles. The summed E-state index contributed by atoms with van der Waals surface area (Å²) in [5, 5.41) is 2.77. The molecule has 1 aliphatic rings. The van der Waals surface area contributed by atoms with Gasteiger partial charge in [-0.2, -0.15) is 0 Å². The van der Waals surface area contributed by atoms with Crippen molar-refractivity contribution in [3.05, 3.63) is 35.4 Å². The molecule has 1 aromatic carbocycles. The molecule has 4 heteroatoms. The average Bonchev–Trinajstić information content (AvgIpc) is 2.99. The summed E-state index contributed by atoms with van der Waals surface area (Å²) < 4.78 is 25.9. The van der Waals surface area contributed by atoms with Crippen LogP contribution in [-0.4, -0.2) is 12.5 Å². The molecule has 1 amide bonds. The Morgan fingerprint density at radius 3 is 2.76 bits per heavy atom. The fourth-order valence-electron chi connectivity index (χ4n) is 1.86. The largest absolute Gasteiger partial charge is 0.356 e. The first-order valence-corrected chi connectivity index (χ1v) is 5.79. The summed E-state index contributed by atoms with van der Waals surface area (Å²) in [6.45, 7) is 2.43. The van der Waals surface area contributed by atoms with Crippen molar-refractivity contribution in [1.82, 2.24) is 5.32 Å². The maximum atomic E-state index is 13.3. The van der Waals surface area contributed by atoms with E-state index in [1.807, 2.05) is 6.92 Å². The summed E-state index contributed by atoms with van der Waals surface area (Å²) >= 11 is 0. The Kier molecular flexibility index (Phi) is 3.41. The molecule has 0 aliphatic heterocycles. The number of rotatable bonds is 4. The predicted molar refractivity (Wildman–Crippen MR) is 60.3 cm³/mol. The maximum absolute atomic E-state index is 13.3. The van der Waals surface area contributed by atoms with Crippen LogP contribution in [0.5, 0.6) is 0 Å². The van der Waals surface area contributed by atoms with Crippen molar-refractivity contribution in [1.29, 1.82) is 0 Å². The SMILES string of the molecule is C[C@H]1C[C@H]1C(=O)NCCc1ccc(F)cc1F. The third-order valence-electron chi connectivity index (χ3n) is 3.15. The molecule has 1 saturated carbocycles. The van der Waals surface area contributed by atoms with E-state index in [0.29, 0.717) is 24.4 Å². The van der Waals surface area contributed by atoms with E-state index in [0.717, 1.165) is 12.5 Å². The van der Waals surface area contributed by atoms with Gasteiger partial charge >= 0.3 is 0 Å². The number of hydrogen-bond donors (Lipinski definition) is 1. The molecular formula is C13H15F2NO. The Balaban J connectivity index is 1.80. The highest BCUT2D eigenvalue weighted by atomic mass is 19.1. The number of halogens is 2. The summed E-state index contributed by atoms with van der Waals surface area (Å²) in [7, 11) is 0. The Labute approximate surface area is 99.0 Å². The lowest BCUT2D eigenvalue weighted by Crippen LogP contribution is -2.27. The molecule has 0 bridgehead atoms. The van der Waals surface area contributed by atoms with Gasteiger partial charge in [0.2, 0.25) is 5.91 Å². The second-order valence-corrected chi connectivity index (χ2v) is 4.60. The van der Waals surface area contributed by atoms with E-state index in [1.165, 1.54) is 12.1 Å². The molecule has 0 unspecified atom stereocenters. The van der Waals surface area contributed by atoms with E-state index < -0.39 is 11.6 Å². The topological polar surface area (TPSA) is 29.1 Å². The van der Waals surface area contributed by atoms with E-state index in [9.17, 15) is 13.6 Å². The second-order valence-electron chi connectivity index (χ2n) is 4.60.